The number of ketones is 1. The molecule has 1 aromatic heterocycles. The van der Waals surface area contributed by atoms with E-state index in [9.17, 15) is 4.79 Å². The zero-order valence-corrected chi connectivity index (χ0v) is 13.6. The molecule has 0 aliphatic carbocycles. The number of aromatic nitrogens is 1. The SMILES string of the molecule is CN1CCn2c(C(=O)c3ccccc3)ccc2C12CCNCC2. The first-order chi connectivity index (χ1) is 11.2. The van der Waals surface area contributed by atoms with Crippen LogP contribution in [0.4, 0.5) is 0 Å². The van der Waals surface area contributed by atoms with Crippen molar-refractivity contribution in [2.24, 2.45) is 0 Å². The van der Waals surface area contributed by atoms with Gasteiger partial charge in [-0.25, -0.2) is 0 Å². The van der Waals surface area contributed by atoms with Gasteiger partial charge in [0.05, 0.1) is 11.2 Å². The third-order valence-corrected chi connectivity index (χ3v) is 5.55. The molecule has 4 heteroatoms. The zero-order chi connectivity index (χ0) is 15.9. The Hall–Kier alpha value is -1.91. The summed E-state index contributed by atoms with van der Waals surface area (Å²) in [5.74, 6) is 0.130. The van der Waals surface area contributed by atoms with Gasteiger partial charge in [0, 0.05) is 24.3 Å². The average molecular weight is 309 g/mol. The zero-order valence-electron chi connectivity index (χ0n) is 13.6. The second-order valence-electron chi connectivity index (χ2n) is 6.65. The van der Waals surface area contributed by atoms with Crippen LogP contribution in [0, 0.1) is 0 Å². The fourth-order valence-electron chi connectivity index (χ4n) is 4.19. The van der Waals surface area contributed by atoms with Gasteiger partial charge in [0.1, 0.15) is 0 Å². The molecule has 3 heterocycles. The molecule has 0 radical (unpaired) electrons. The highest BCUT2D eigenvalue weighted by molar-refractivity contribution is 6.08. The van der Waals surface area contributed by atoms with Crippen LogP contribution in [0.5, 0.6) is 0 Å². The standard InChI is InChI=1S/C19H23N3O/c1-21-13-14-22-16(18(23)15-5-3-2-4-6-15)7-8-17(22)19(21)9-11-20-12-10-19/h2-8,20H,9-14H2,1H3. The lowest BCUT2D eigenvalue weighted by molar-refractivity contribution is 0.0475. The lowest BCUT2D eigenvalue weighted by Gasteiger charge is -2.48. The van der Waals surface area contributed by atoms with Crippen LogP contribution < -0.4 is 5.32 Å². The van der Waals surface area contributed by atoms with Gasteiger partial charge >= 0.3 is 0 Å². The number of likely N-dealkylation sites (N-methyl/N-ethyl adjacent to an activating group) is 1. The van der Waals surface area contributed by atoms with Crippen molar-refractivity contribution in [3.63, 3.8) is 0 Å². The highest BCUT2D eigenvalue weighted by Crippen LogP contribution is 2.40. The van der Waals surface area contributed by atoms with E-state index in [0.717, 1.165) is 50.3 Å². The van der Waals surface area contributed by atoms with Gasteiger partial charge in [0.2, 0.25) is 5.78 Å². The molecule has 0 saturated carbocycles. The van der Waals surface area contributed by atoms with E-state index in [1.807, 2.05) is 36.4 Å². The average Bonchev–Trinajstić information content (AvgIpc) is 3.04. The van der Waals surface area contributed by atoms with Gasteiger partial charge in [-0.2, -0.15) is 0 Å². The van der Waals surface area contributed by atoms with E-state index in [1.54, 1.807) is 0 Å². The number of nitrogens with zero attached hydrogens (tertiary/aromatic N) is 2. The predicted octanol–water partition coefficient (Wildman–Crippen LogP) is 2.24. The molecule has 1 fully saturated rings. The molecule has 1 N–H and O–H groups in total. The van der Waals surface area contributed by atoms with Crippen LogP contribution in [0.3, 0.4) is 0 Å². The van der Waals surface area contributed by atoms with Crippen molar-refractivity contribution in [3.8, 4) is 0 Å². The Morgan fingerprint density at radius 3 is 2.52 bits per heavy atom. The molecule has 1 aromatic carbocycles. The highest BCUT2D eigenvalue weighted by Gasteiger charge is 2.43. The van der Waals surface area contributed by atoms with Gasteiger partial charge in [-0.3, -0.25) is 9.69 Å². The van der Waals surface area contributed by atoms with Crippen molar-refractivity contribution in [3.05, 3.63) is 59.4 Å². The fourth-order valence-corrected chi connectivity index (χ4v) is 4.19. The maximum atomic E-state index is 12.9. The van der Waals surface area contributed by atoms with Gasteiger partial charge < -0.3 is 9.88 Å². The molecule has 0 bridgehead atoms. The largest absolute Gasteiger partial charge is 0.339 e. The molecule has 2 aliphatic rings. The molecule has 1 spiro atoms. The minimum absolute atomic E-state index is 0.0821. The van der Waals surface area contributed by atoms with Crippen molar-refractivity contribution < 1.29 is 4.79 Å². The second-order valence-corrected chi connectivity index (χ2v) is 6.65. The molecule has 0 unspecified atom stereocenters. The molecule has 2 aliphatic heterocycles. The van der Waals surface area contributed by atoms with Crippen LogP contribution in [0.15, 0.2) is 42.5 Å². The quantitative estimate of drug-likeness (QED) is 0.865. The van der Waals surface area contributed by atoms with Gasteiger partial charge in [-0.1, -0.05) is 30.3 Å². The van der Waals surface area contributed by atoms with Gasteiger partial charge in [-0.05, 0) is 45.1 Å². The number of benzene rings is 1. The number of rotatable bonds is 2. The lowest BCUT2D eigenvalue weighted by Crippen LogP contribution is -2.55. The summed E-state index contributed by atoms with van der Waals surface area (Å²) in [6.45, 7) is 3.97. The van der Waals surface area contributed by atoms with Crippen molar-refractivity contribution >= 4 is 5.78 Å². The summed E-state index contributed by atoms with van der Waals surface area (Å²) in [5.41, 5.74) is 2.99. The van der Waals surface area contributed by atoms with Crippen molar-refractivity contribution in [2.45, 2.75) is 24.9 Å². The van der Waals surface area contributed by atoms with Crippen molar-refractivity contribution in [2.75, 3.05) is 26.7 Å². The number of hydrogen-bond acceptors (Lipinski definition) is 3. The van der Waals surface area contributed by atoms with E-state index >= 15 is 0 Å². The summed E-state index contributed by atoms with van der Waals surface area (Å²) in [5, 5.41) is 3.46. The monoisotopic (exact) mass is 309 g/mol. The summed E-state index contributed by atoms with van der Waals surface area (Å²) in [4.78, 5) is 15.4. The summed E-state index contributed by atoms with van der Waals surface area (Å²) < 4.78 is 2.26. The predicted molar refractivity (Wildman–Crippen MR) is 90.7 cm³/mol. The van der Waals surface area contributed by atoms with Crippen molar-refractivity contribution in [1.29, 1.82) is 0 Å². The first-order valence-electron chi connectivity index (χ1n) is 8.44. The molecule has 2 aromatic rings. The van der Waals surface area contributed by atoms with Gasteiger partial charge in [0.25, 0.3) is 0 Å². The molecular weight excluding hydrogens is 286 g/mol. The third-order valence-electron chi connectivity index (χ3n) is 5.55. The first kappa shape index (κ1) is 14.7. The summed E-state index contributed by atoms with van der Waals surface area (Å²) >= 11 is 0. The number of fused-ring (bicyclic) bond motifs is 2. The van der Waals surface area contributed by atoms with Crippen LogP contribution >= 0.6 is 0 Å². The van der Waals surface area contributed by atoms with Crippen LogP contribution in [0.2, 0.25) is 0 Å². The van der Waals surface area contributed by atoms with E-state index < -0.39 is 0 Å². The number of carbonyl (C=O) groups is 1. The minimum atomic E-state index is 0.0821. The molecule has 120 valence electrons. The molecule has 0 amide bonds. The van der Waals surface area contributed by atoms with Crippen LogP contribution in [-0.4, -0.2) is 41.9 Å². The molecular formula is C19H23N3O. The molecule has 23 heavy (non-hydrogen) atoms. The Labute approximate surface area is 137 Å². The maximum absolute atomic E-state index is 12.9. The van der Waals surface area contributed by atoms with E-state index in [4.69, 9.17) is 0 Å². The maximum Gasteiger partial charge on any atom is 0.209 e. The Bertz CT molecular complexity index is 713. The van der Waals surface area contributed by atoms with Gasteiger partial charge in [-0.15, -0.1) is 0 Å². The Kier molecular flexibility index (Phi) is 3.58. The molecule has 4 rings (SSSR count). The van der Waals surface area contributed by atoms with E-state index in [0.29, 0.717) is 0 Å². The molecule has 4 nitrogen and oxygen atoms in total. The van der Waals surface area contributed by atoms with Crippen LogP contribution in [-0.2, 0) is 12.1 Å². The lowest BCUT2D eigenvalue weighted by atomic mass is 9.82. The topological polar surface area (TPSA) is 37.3 Å². The Balaban J connectivity index is 1.76. The summed E-state index contributed by atoms with van der Waals surface area (Å²) in [7, 11) is 2.22. The first-order valence-corrected chi connectivity index (χ1v) is 8.44. The third kappa shape index (κ3) is 2.25. The number of piperidine rings is 1. The summed E-state index contributed by atoms with van der Waals surface area (Å²) in [6.07, 6.45) is 2.21. The number of nitrogens with one attached hydrogen (secondary N) is 1. The van der Waals surface area contributed by atoms with E-state index in [-0.39, 0.29) is 11.3 Å². The second kappa shape index (κ2) is 5.62. The van der Waals surface area contributed by atoms with Crippen LogP contribution in [0.1, 0.15) is 34.6 Å². The van der Waals surface area contributed by atoms with Gasteiger partial charge in [0.15, 0.2) is 0 Å². The molecule has 1 saturated heterocycles. The number of carbonyl (C=O) groups excluding carboxylic acids is 1. The van der Waals surface area contributed by atoms with E-state index in [1.165, 1.54) is 5.69 Å². The van der Waals surface area contributed by atoms with Crippen molar-refractivity contribution in [1.82, 2.24) is 14.8 Å². The van der Waals surface area contributed by atoms with E-state index in [2.05, 4.69) is 27.9 Å². The summed E-state index contributed by atoms with van der Waals surface area (Å²) in [6, 6.07) is 13.8. The Morgan fingerprint density at radius 1 is 1.04 bits per heavy atom. The highest BCUT2D eigenvalue weighted by atomic mass is 16.1. The van der Waals surface area contributed by atoms with Crippen LogP contribution in [0.25, 0.3) is 0 Å². The smallest absolute Gasteiger partial charge is 0.209 e. The number of hydrogen-bond donors (Lipinski definition) is 1. The normalized spacial score (nSPS) is 20.4. The molecule has 0 atom stereocenters. The minimum Gasteiger partial charge on any atom is -0.339 e. The Morgan fingerprint density at radius 2 is 1.78 bits per heavy atom. The fraction of sp³-hybridized carbons (Fsp3) is 0.421.